The number of hydrogen-bond donors (Lipinski definition) is 1. The minimum Gasteiger partial charge on any atom is -0.330 e. The van der Waals surface area contributed by atoms with Gasteiger partial charge in [0.05, 0.1) is 5.69 Å². The minimum atomic E-state index is 0.671. The molecule has 3 nitrogen and oxygen atoms in total. The summed E-state index contributed by atoms with van der Waals surface area (Å²) in [4.78, 5) is 8.64. The van der Waals surface area contributed by atoms with E-state index in [1.165, 1.54) is 43.4 Å². The smallest absolute Gasteiger partial charge is 0.115 e. The molecule has 1 heterocycles. The first-order valence-corrected chi connectivity index (χ1v) is 6.40. The summed E-state index contributed by atoms with van der Waals surface area (Å²) >= 11 is 0. The van der Waals surface area contributed by atoms with Crippen molar-refractivity contribution in [3.8, 4) is 0 Å². The molecule has 0 unspecified atom stereocenters. The fourth-order valence-electron chi connectivity index (χ4n) is 2.60. The first-order chi connectivity index (χ1) is 7.92. The third-order valence-electron chi connectivity index (χ3n) is 3.46. The van der Waals surface area contributed by atoms with Crippen molar-refractivity contribution < 1.29 is 0 Å². The fraction of sp³-hybridized carbons (Fsp3) is 0.692. The summed E-state index contributed by atoms with van der Waals surface area (Å²) in [6.45, 7) is 0.749. The lowest BCUT2D eigenvalue weighted by molar-refractivity contribution is 0.433. The van der Waals surface area contributed by atoms with Crippen molar-refractivity contribution in [3.05, 3.63) is 23.8 Å². The standard InChI is InChI=1S/C13H21N3/c14-8-4-7-12-9-15-10-16-13(12)11-5-2-1-3-6-11/h9-11H,1-8,14H2. The van der Waals surface area contributed by atoms with Crippen molar-refractivity contribution in [2.45, 2.75) is 50.9 Å². The van der Waals surface area contributed by atoms with Crippen LogP contribution in [0.5, 0.6) is 0 Å². The zero-order valence-electron chi connectivity index (χ0n) is 9.86. The summed E-state index contributed by atoms with van der Waals surface area (Å²) in [5.74, 6) is 0.671. The van der Waals surface area contributed by atoms with Crippen molar-refractivity contribution in [1.29, 1.82) is 0 Å². The number of nitrogens with two attached hydrogens (primary N) is 1. The van der Waals surface area contributed by atoms with Gasteiger partial charge in [-0.2, -0.15) is 0 Å². The van der Waals surface area contributed by atoms with E-state index in [0.717, 1.165) is 19.4 Å². The molecule has 0 atom stereocenters. The fourth-order valence-corrected chi connectivity index (χ4v) is 2.60. The Morgan fingerprint density at radius 1 is 1.25 bits per heavy atom. The average molecular weight is 219 g/mol. The van der Waals surface area contributed by atoms with Crippen LogP contribution in [-0.2, 0) is 6.42 Å². The summed E-state index contributed by atoms with van der Waals surface area (Å²) in [5, 5.41) is 0. The van der Waals surface area contributed by atoms with Crippen LogP contribution in [-0.4, -0.2) is 16.5 Å². The Labute approximate surface area is 97.5 Å². The van der Waals surface area contributed by atoms with Crippen LogP contribution in [0.25, 0.3) is 0 Å². The van der Waals surface area contributed by atoms with Gasteiger partial charge in [-0.15, -0.1) is 0 Å². The van der Waals surface area contributed by atoms with Gasteiger partial charge < -0.3 is 5.73 Å². The zero-order chi connectivity index (χ0) is 11.2. The Hall–Kier alpha value is -0.960. The van der Waals surface area contributed by atoms with Crippen molar-refractivity contribution in [2.75, 3.05) is 6.54 Å². The molecule has 2 rings (SSSR count). The van der Waals surface area contributed by atoms with Crippen LogP contribution in [0.4, 0.5) is 0 Å². The van der Waals surface area contributed by atoms with Gasteiger partial charge >= 0.3 is 0 Å². The predicted molar refractivity (Wildman–Crippen MR) is 65.2 cm³/mol. The van der Waals surface area contributed by atoms with Crippen molar-refractivity contribution >= 4 is 0 Å². The maximum atomic E-state index is 5.56. The molecule has 1 aliphatic carbocycles. The van der Waals surface area contributed by atoms with Gasteiger partial charge in [0.25, 0.3) is 0 Å². The second kappa shape index (κ2) is 5.94. The van der Waals surface area contributed by atoms with E-state index in [1.54, 1.807) is 6.33 Å². The second-order valence-electron chi connectivity index (χ2n) is 4.66. The van der Waals surface area contributed by atoms with Crippen LogP contribution < -0.4 is 5.73 Å². The van der Waals surface area contributed by atoms with E-state index in [0.29, 0.717) is 5.92 Å². The van der Waals surface area contributed by atoms with Gasteiger partial charge in [-0.1, -0.05) is 19.3 Å². The highest BCUT2D eigenvalue weighted by atomic mass is 14.8. The molecule has 0 bridgehead atoms. The molecule has 1 aliphatic rings. The quantitative estimate of drug-likeness (QED) is 0.846. The summed E-state index contributed by atoms with van der Waals surface area (Å²) in [5.41, 5.74) is 8.18. The molecular formula is C13H21N3. The summed E-state index contributed by atoms with van der Waals surface area (Å²) in [6.07, 6.45) is 12.4. The number of aryl methyl sites for hydroxylation is 1. The molecule has 0 saturated heterocycles. The molecule has 0 radical (unpaired) electrons. The summed E-state index contributed by atoms with van der Waals surface area (Å²) in [7, 11) is 0. The molecule has 16 heavy (non-hydrogen) atoms. The zero-order valence-corrected chi connectivity index (χ0v) is 9.86. The molecule has 3 heteroatoms. The van der Waals surface area contributed by atoms with E-state index >= 15 is 0 Å². The van der Waals surface area contributed by atoms with Crippen LogP contribution in [0.15, 0.2) is 12.5 Å². The Balaban J connectivity index is 2.11. The lowest BCUT2D eigenvalue weighted by Gasteiger charge is -2.22. The predicted octanol–water partition coefficient (Wildman–Crippen LogP) is 2.42. The van der Waals surface area contributed by atoms with Crippen LogP contribution in [0.1, 0.15) is 55.7 Å². The average Bonchev–Trinajstić information content (AvgIpc) is 2.38. The van der Waals surface area contributed by atoms with Crippen molar-refractivity contribution in [2.24, 2.45) is 5.73 Å². The molecule has 1 fully saturated rings. The van der Waals surface area contributed by atoms with Gasteiger partial charge in [0, 0.05) is 12.1 Å². The molecular weight excluding hydrogens is 198 g/mol. The maximum absolute atomic E-state index is 5.56. The summed E-state index contributed by atoms with van der Waals surface area (Å²) < 4.78 is 0. The molecule has 1 aromatic heterocycles. The van der Waals surface area contributed by atoms with Gasteiger partial charge in [-0.25, -0.2) is 9.97 Å². The molecule has 2 N–H and O–H groups in total. The van der Waals surface area contributed by atoms with E-state index in [9.17, 15) is 0 Å². The Morgan fingerprint density at radius 3 is 2.81 bits per heavy atom. The molecule has 1 saturated carbocycles. The lowest BCUT2D eigenvalue weighted by Crippen LogP contribution is -2.11. The number of aromatic nitrogens is 2. The third-order valence-corrected chi connectivity index (χ3v) is 3.46. The van der Waals surface area contributed by atoms with E-state index < -0.39 is 0 Å². The Morgan fingerprint density at radius 2 is 2.06 bits per heavy atom. The minimum absolute atomic E-state index is 0.671. The molecule has 88 valence electrons. The number of rotatable bonds is 4. The highest BCUT2D eigenvalue weighted by Crippen LogP contribution is 2.33. The van der Waals surface area contributed by atoms with Gasteiger partial charge in [0.2, 0.25) is 0 Å². The van der Waals surface area contributed by atoms with Gasteiger partial charge in [0.15, 0.2) is 0 Å². The first kappa shape index (κ1) is 11.5. The molecule has 0 amide bonds. The van der Waals surface area contributed by atoms with E-state index in [-0.39, 0.29) is 0 Å². The van der Waals surface area contributed by atoms with Crippen molar-refractivity contribution in [1.82, 2.24) is 9.97 Å². The number of nitrogens with zero attached hydrogens (tertiary/aromatic N) is 2. The second-order valence-corrected chi connectivity index (χ2v) is 4.66. The third kappa shape index (κ3) is 2.79. The van der Waals surface area contributed by atoms with Crippen LogP contribution in [0.3, 0.4) is 0 Å². The normalized spacial score (nSPS) is 17.6. The maximum Gasteiger partial charge on any atom is 0.115 e. The molecule has 0 aliphatic heterocycles. The number of hydrogen-bond acceptors (Lipinski definition) is 3. The Bertz CT molecular complexity index is 319. The van der Waals surface area contributed by atoms with Crippen LogP contribution in [0, 0.1) is 0 Å². The first-order valence-electron chi connectivity index (χ1n) is 6.40. The van der Waals surface area contributed by atoms with Gasteiger partial charge in [-0.3, -0.25) is 0 Å². The van der Waals surface area contributed by atoms with Crippen LogP contribution in [0.2, 0.25) is 0 Å². The highest BCUT2D eigenvalue weighted by Gasteiger charge is 2.19. The SMILES string of the molecule is NCCCc1cncnc1C1CCCCC1. The molecule has 0 aromatic carbocycles. The largest absolute Gasteiger partial charge is 0.330 e. The monoisotopic (exact) mass is 219 g/mol. The van der Waals surface area contributed by atoms with E-state index in [4.69, 9.17) is 5.73 Å². The lowest BCUT2D eigenvalue weighted by atomic mass is 9.84. The molecule has 0 spiro atoms. The summed E-state index contributed by atoms with van der Waals surface area (Å²) in [6, 6.07) is 0. The van der Waals surface area contributed by atoms with E-state index in [1.807, 2.05) is 6.20 Å². The van der Waals surface area contributed by atoms with Gasteiger partial charge in [-0.05, 0) is 37.8 Å². The van der Waals surface area contributed by atoms with Crippen molar-refractivity contribution in [3.63, 3.8) is 0 Å². The van der Waals surface area contributed by atoms with Crippen LogP contribution >= 0.6 is 0 Å². The Kier molecular flexibility index (Phi) is 4.28. The van der Waals surface area contributed by atoms with E-state index in [2.05, 4.69) is 9.97 Å². The molecule has 1 aromatic rings. The highest BCUT2D eigenvalue weighted by molar-refractivity contribution is 5.20. The van der Waals surface area contributed by atoms with Gasteiger partial charge in [0.1, 0.15) is 6.33 Å². The topological polar surface area (TPSA) is 51.8 Å².